The number of esters is 1. The van der Waals surface area contributed by atoms with Gasteiger partial charge in [-0.1, -0.05) is 0 Å². The minimum absolute atomic E-state index is 0.0116. The highest BCUT2D eigenvalue weighted by Crippen LogP contribution is 2.16. The maximum absolute atomic E-state index is 5.37. The van der Waals surface area contributed by atoms with Gasteiger partial charge in [-0.3, -0.25) is 0 Å². The molecule has 2 heteroatoms. The smallest absolute Gasteiger partial charge is 0.322 e. The molecule has 0 fully saturated rings. The molecule has 2 nitrogen and oxygen atoms in total. The molecular formula is C7H13O2+. The van der Waals surface area contributed by atoms with Crippen molar-refractivity contribution in [2.45, 2.75) is 32.8 Å². The monoisotopic (exact) mass is 129 g/mol. The summed E-state index contributed by atoms with van der Waals surface area (Å²) in [5.41, 5.74) is -0.0116. The summed E-state index contributed by atoms with van der Waals surface area (Å²) in [6.45, 7) is 6.78. The molecule has 0 amide bonds. The largest absolute Gasteiger partial charge is 0.482 e. The molecule has 1 aliphatic heterocycles. The maximum Gasteiger partial charge on any atom is 0.482 e. The molecule has 0 saturated carbocycles. The van der Waals surface area contributed by atoms with Crippen LogP contribution >= 0.6 is 0 Å². The summed E-state index contributed by atoms with van der Waals surface area (Å²) >= 11 is 0. The molecule has 9 heavy (non-hydrogen) atoms. The van der Waals surface area contributed by atoms with E-state index in [4.69, 9.17) is 9.16 Å². The minimum atomic E-state index is -0.0116. The predicted molar refractivity (Wildman–Crippen MR) is 35.3 cm³/mol. The Labute approximate surface area is 55.5 Å². The Bertz CT molecular complexity index is 136. The van der Waals surface area contributed by atoms with Crippen LogP contribution in [0.15, 0.2) is 0 Å². The van der Waals surface area contributed by atoms with Gasteiger partial charge in [0.15, 0.2) is 6.61 Å². The summed E-state index contributed by atoms with van der Waals surface area (Å²) in [5, 5.41) is 0. The molecule has 1 aliphatic rings. The molecule has 0 atom stereocenters. The molecular weight excluding hydrogens is 116 g/mol. The van der Waals surface area contributed by atoms with Crippen LogP contribution in [-0.4, -0.2) is 18.2 Å². The third-order valence-electron chi connectivity index (χ3n) is 1.43. The van der Waals surface area contributed by atoms with Crippen LogP contribution in [0.5, 0.6) is 0 Å². The molecule has 1 rings (SSSR count). The molecule has 0 spiro atoms. The number of hydrogen-bond donors (Lipinski definition) is 0. The van der Waals surface area contributed by atoms with Crippen LogP contribution in [0.25, 0.3) is 0 Å². The van der Waals surface area contributed by atoms with E-state index in [9.17, 15) is 0 Å². The Balaban J connectivity index is 2.59. The van der Waals surface area contributed by atoms with E-state index in [1.807, 2.05) is 6.92 Å². The predicted octanol–water partition coefficient (Wildman–Crippen LogP) is 1.27. The first kappa shape index (κ1) is 6.59. The second-order valence-corrected chi connectivity index (χ2v) is 2.95. The highest BCUT2D eigenvalue weighted by molar-refractivity contribution is 5.67. The number of cyclic esters (lactones) is 1. The number of hydrogen-bond acceptors (Lipinski definition) is 1. The summed E-state index contributed by atoms with van der Waals surface area (Å²) in [6, 6.07) is 0. The summed E-state index contributed by atoms with van der Waals surface area (Å²) in [5.74, 6) is 0.700. The zero-order valence-electron chi connectivity index (χ0n) is 6.23. The Morgan fingerprint density at radius 1 is 1.56 bits per heavy atom. The normalized spacial score (nSPS) is 24.6. The molecule has 0 aromatic heterocycles. The minimum Gasteiger partial charge on any atom is -0.322 e. The lowest BCUT2D eigenvalue weighted by atomic mass is 10.1. The Hall–Kier alpha value is -0.530. The fourth-order valence-electron chi connectivity index (χ4n) is 0.910. The van der Waals surface area contributed by atoms with E-state index < -0.39 is 0 Å². The maximum atomic E-state index is 5.37. The van der Waals surface area contributed by atoms with Crippen molar-refractivity contribution in [2.24, 2.45) is 0 Å². The van der Waals surface area contributed by atoms with E-state index in [0.717, 1.165) is 13.0 Å². The third kappa shape index (κ3) is 1.70. The van der Waals surface area contributed by atoms with Crippen molar-refractivity contribution in [2.75, 3.05) is 6.61 Å². The summed E-state index contributed by atoms with van der Waals surface area (Å²) in [4.78, 5) is 0. The molecule has 0 bridgehead atoms. The highest BCUT2D eigenvalue weighted by atomic mass is 16.6. The second-order valence-electron chi connectivity index (χ2n) is 2.95. The van der Waals surface area contributed by atoms with Crippen molar-refractivity contribution in [3.05, 3.63) is 0 Å². The molecule has 52 valence electrons. The summed E-state index contributed by atoms with van der Waals surface area (Å²) in [6.07, 6.45) is 0.977. The van der Waals surface area contributed by atoms with Gasteiger partial charge in [0.25, 0.3) is 0 Å². The zero-order valence-corrected chi connectivity index (χ0v) is 6.23. The van der Waals surface area contributed by atoms with Crippen LogP contribution < -0.4 is 0 Å². The lowest BCUT2D eigenvalue weighted by Crippen LogP contribution is -2.33. The van der Waals surface area contributed by atoms with Gasteiger partial charge in [-0.25, -0.2) is 0 Å². The quantitative estimate of drug-likeness (QED) is 0.356. The van der Waals surface area contributed by atoms with E-state index in [-0.39, 0.29) is 5.60 Å². The molecule has 0 radical (unpaired) electrons. The molecule has 1 heterocycles. The van der Waals surface area contributed by atoms with Crippen molar-refractivity contribution >= 4 is 5.97 Å². The third-order valence-corrected chi connectivity index (χ3v) is 1.43. The van der Waals surface area contributed by atoms with Gasteiger partial charge < -0.3 is 9.16 Å². The molecule has 0 aliphatic carbocycles. The molecule has 0 saturated heterocycles. The van der Waals surface area contributed by atoms with E-state index in [1.54, 1.807) is 0 Å². The van der Waals surface area contributed by atoms with Gasteiger partial charge >= 0.3 is 5.97 Å². The molecule has 0 aromatic carbocycles. The van der Waals surface area contributed by atoms with Crippen molar-refractivity contribution in [1.29, 1.82) is 0 Å². The fourth-order valence-corrected chi connectivity index (χ4v) is 0.910. The van der Waals surface area contributed by atoms with Crippen LogP contribution in [0.2, 0.25) is 0 Å². The van der Waals surface area contributed by atoms with Crippen LogP contribution in [-0.2, 0) is 9.16 Å². The summed E-state index contributed by atoms with van der Waals surface area (Å²) in [7, 11) is 0. The first-order valence-electron chi connectivity index (χ1n) is 3.25. The molecule has 0 N–H and O–H groups in total. The number of rotatable bonds is 0. The van der Waals surface area contributed by atoms with Crippen molar-refractivity contribution < 1.29 is 9.16 Å². The Kier molecular flexibility index (Phi) is 1.47. The highest BCUT2D eigenvalue weighted by Gasteiger charge is 2.33. The van der Waals surface area contributed by atoms with Crippen LogP contribution in [0, 0.1) is 0 Å². The van der Waals surface area contributed by atoms with Gasteiger partial charge in [0, 0.05) is 13.8 Å². The second kappa shape index (κ2) is 2.01. The SMILES string of the molecule is CC1=[O+]CCC(C)(C)O1. The number of ether oxygens (including phenoxy) is 1. The first-order valence-corrected chi connectivity index (χ1v) is 3.25. The van der Waals surface area contributed by atoms with Gasteiger partial charge in [0.1, 0.15) is 0 Å². The number of carbonyl (C=O) groups excluding carboxylic acids is 1. The molecule has 0 aromatic rings. The van der Waals surface area contributed by atoms with Gasteiger partial charge in [-0.2, -0.15) is 0 Å². The van der Waals surface area contributed by atoms with Crippen molar-refractivity contribution in [3.63, 3.8) is 0 Å². The topological polar surface area (TPSA) is 20.5 Å². The van der Waals surface area contributed by atoms with Crippen molar-refractivity contribution in [1.82, 2.24) is 0 Å². The Morgan fingerprint density at radius 3 is 2.56 bits per heavy atom. The van der Waals surface area contributed by atoms with Crippen LogP contribution in [0.3, 0.4) is 0 Å². The van der Waals surface area contributed by atoms with Gasteiger partial charge in [-0.15, -0.1) is 0 Å². The van der Waals surface area contributed by atoms with Crippen LogP contribution in [0.1, 0.15) is 27.2 Å². The van der Waals surface area contributed by atoms with E-state index >= 15 is 0 Å². The average Bonchev–Trinajstić information content (AvgIpc) is 1.60. The van der Waals surface area contributed by atoms with Crippen molar-refractivity contribution in [3.8, 4) is 0 Å². The van der Waals surface area contributed by atoms with E-state index in [0.29, 0.717) is 5.97 Å². The first-order chi connectivity index (χ1) is 4.10. The van der Waals surface area contributed by atoms with E-state index in [1.165, 1.54) is 0 Å². The van der Waals surface area contributed by atoms with Gasteiger partial charge in [-0.05, 0) is 0 Å². The lowest BCUT2D eigenvalue weighted by molar-refractivity contribution is -0.486. The standard InChI is InChI=1S/C7H13O2/c1-6-8-5-4-7(2,3)9-6/h4-5H2,1-3H3/q+1. The molecule has 0 unspecified atom stereocenters. The average molecular weight is 129 g/mol. The summed E-state index contributed by atoms with van der Waals surface area (Å²) < 4.78 is 10.5. The fraction of sp³-hybridized carbons (Fsp3) is 0.857. The van der Waals surface area contributed by atoms with Gasteiger partial charge in [0.05, 0.1) is 13.3 Å². The van der Waals surface area contributed by atoms with Gasteiger partial charge in [0.2, 0.25) is 5.60 Å². The van der Waals surface area contributed by atoms with E-state index in [2.05, 4.69) is 13.8 Å². The Morgan fingerprint density at radius 2 is 2.22 bits per heavy atom. The van der Waals surface area contributed by atoms with Crippen LogP contribution in [0.4, 0.5) is 0 Å². The zero-order chi connectivity index (χ0) is 6.91. The lowest BCUT2D eigenvalue weighted by Gasteiger charge is -2.17.